The number of pyridine rings is 1. The van der Waals surface area contributed by atoms with Crippen LogP contribution < -0.4 is 14.9 Å². The molecule has 0 aliphatic carbocycles. The number of methoxy groups -OCH3 is 1. The van der Waals surface area contributed by atoms with Crippen molar-refractivity contribution in [3.05, 3.63) is 101 Å². The van der Waals surface area contributed by atoms with Crippen molar-refractivity contribution in [1.82, 2.24) is 4.98 Å². The molecule has 0 unspecified atom stereocenters. The van der Waals surface area contributed by atoms with Crippen LogP contribution in [-0.2, 0) is 0 Å². The summed E-state index contributed by atoms with van der Waals surface area (Å²) in [5, 5.41) is 20.2. The lowest BCUT2D eigenvalue weighted by atomic mass is 9.98. The summed E-state index contributed by atoms with van der Waals surface area (Å²) in [6, 6.07) is 26.4. The summed E-state index contributed by atoms with van der Waals surface area (Å²) < 4.78 is 11.3. The number of hydrogen-bond acceptors (Lipinski definition) is 6. The zero-order valence-electron chi connectivity index (χ0n) is 17.1. The van der Waals surface area contributed by atoms with Crippen LogP contribution in [0.2, 0.25) is 0 Å². The fourth-order valence-electron chi connectivity index (χ4n) is 3.29. The number of ether oxygens (including phenoxy) is 2. The van der Waals surface area contributed by atoms with Crippen molar-refractivity contribution in [2.45, 2.75) is 0 Å². The van der Waals surface area contributed by atoms with Gasteiger partial charge in [0.2, 0.25) is 11.3 Å². The molecule has 0 aliphatic rings. The molecule has 0 radical (unpaired) electrons. The quantitative estimate of drug-likeness (QED) is 0.478. The normalized spacial score (nSPS) is 10.2. The summed E-state index contributed by atoms with van der Waals surface area (Å²) in [4.78, 5) is 16.4. The molecule has 0 spiro atoms. The average molecular weight is 422 g/mol. The largest absolute Gasteiger partial charge is 0.504 e. The zero-order chi connectivity index (χ0) is 22.5. The van der Waals surface area contributed by atoms with Crippen LogP contribution in [0.3, 0.4) is 0 Å². The Kier molecular flexibility index (Phi) is 5.82. The highest BCUT2D eigenvalue weighted by Gasteiger charge is 2.18. The third-order valence-electron chi connectivity index (χ3n) is 4.80. The predicted octanol–water partition coefficient (Wildman–Crippen LogP) is 5.15. The van der Waals surface area contributed by atoms with Gasteiger partial charge in [0, 0.05) is 11.1 Å². The number of para-hydroxylation sites is 1. The first kappa shape index (κ1) is 20.6. The Bertz CT molecular complexity index is 1380. The first-order valence-electron chi connectivity index (χ1n) is 9.76. The molecule has 6 heteroatoms. The lowest BCUT2D eigenvalue weighted by molar-refractivity contribution is 0.397. The van der Waals surface area contributed by atoms with Crippen molar-refractivity contribution in [2.75, 3.05) is 7.11 Å². The van der Waals surface area contributed by atoms with Gasteiger partial charge in [-0.2, -0.15) is 5.26 Å². The minimum atomic E-state index is -0.532. The summed E-state index contributed by atoms with van der Waals surface area (Å²) in [5.74, 6) is 0.933. The molecule has 0 fully saturated rings. The number of hydrogen-bond donors (Lipinski definition) is 1. The molecule has 1 N–H and O–H groups in total. The van der Waals surface area contributed by atoms with E-state index in [1.807, 2.05) is 48.5 Å². The molecule has 3 aromatic carbocycles. The van der Waals surface area contributed by atoms with Crippen molar-refractivity contribution in [3.63, 3.8) is 0 Å². The van der Waals surface area contributed by atoms with E-state index >= 15 is 0 Å². The topological polar surface area (TPSA) is 92.4 Å². The average Bonchev–Trinajstić information content (AvgIpc) is 2.99. The van der Waals surface area contributed by atoms with E-state index in [1.165, 1.54) is 19.2 Å². The van der Waals surface area contributed by atoms with Crippen LogP contribution in [0.4, 0.5) is 0 Å². The van der Waals surface area contributed by atoms with Gasteiger partial charge in [-0.3, -0.25) is 4.79 Å². The SMILES string of the molecule is COc1nc(-c2ccccc(=O)c2O)cc(-c2cccc(Oc3ccccc3)c2)c1C#N. The summed E-state index contributed by atoms with van der Waals surface area (Å²) >= 11 is 0. The molecule has 32 heavy (non-hydrogen) atoms. The molecule has 0 saturated heterocycles. The van der Waals surface area contributed by atoms with Crippen LogP contribution in [0.15, 0.2) is 89.7 Å². The third-order valence-corrected chi connectivity index (χ3v) is 4.80. The molecule has 156 valence electrons. The van der Waals surface area contributed by atoms with Gasteiger partial charge < -0.3 is 14.6 Å². The van der Waals surface area contributed by atoms with Crippen molar-refractivity contribution < 1.29 is 14.6 Å². The van der Waals surface area contributed by atoms with E-state index in [9.17, 15) is 15.2 Å². The second-order valence-corrected chi connectivity index (χ2v) is 6.84. The van der Waals surface area contributed by atoms with Gasteiger partial charge in [0.1, 0.15) is 23.1 Å². The Hall–Kier alpha value is -4.63. The van der Waals surface area contributed by atoms with E-state index in [-0.39, 0.29) is 17.0 Å². The maximum absolute atomic E-state index is 12.1. The molecule has 0 aliphatic heterocycles. The number of benzene rings is 2. The Morgan fingerprint density at radius 3 is 2.34 bits per heavy atom. The summed E-state index contributed by atoms with van der Waals surface area (Å²) in [6.07, 6.45) is 0. The van der Waals surface area contributed by atoms with Gasteiger partial charge in [0.15, 0.2) is 5.75 Å². The Labute approximate surface area is 184 Å². The maximum Gasteiger partial charge on any atom is 0.232 e. The van der Waals surface area contributed by atoms with Crippen molar-refractivity contribution in [2.24, 2.45) is 0 Å². The minimum absolute atomic E-state index is 0.0905. The van der Waals surface area contributed by atoms with Crippen molar-refractivity contribution in [3.8, 4) is 51.6 Å². The smallest absolute Gasteiger partial charge is 0.232 e. The first-order chi connectivity index (χ1) is 15.6. The lowest BCUT2D eigenvalue weighted by Crippen LogP contribution is -2.00. The van der Waals surface area contributed by atoms with Gasteiger partial charge in [-0.15, -0.1) is 0 Å². The highest BCUT2D eigenvalue weighted by Crippen LogP contribution is 2.36. The molecular weight excluding hydrogens is 404 g/mol. The highest BCUT2D eigenvalue weighted by atomic mass is 16.5. The van der Waals surface area contributed by atoms with E-state index in [0.717, 1.165) is 0 Å². The second-order valence-electron chi connectivity index (χ2n) is 6.84. The molecular formula is C26H18N2O4. The van der Waals surface area contributed by atoms with Crippen molar-refractivity contribution >= 4 is 0 Å². The van der Waals surface area contributed by atoms with E-state index in [4.69, 9.17) is 9.47 Å². The van der Waals surface area contributed by atoms with Crippen LogP contribution in [0, 0.1) is 11.3 Å². The number of nitrogens with zero attached hydrogens (tertiary/aromatic N) is 2. The van der Waals surface area contributed by atoms with Gasteiger partial charge in [0.25, 0.3) is 0 Å². The maximum atomic E-state index is 12.1. The number of nitriles is 1. The molecule has 0 bridgehead atoms. The van der Waals surface area contributed by atoms with Crippen LogP contribution in [-0.4, -0.2) is 17.2 Å². The van der Waals surface area contributed by atoms with E-state index in [2.05, 4.69) is 11.1 Å². The molecule has 0 amide bonds. The van der Waals surface area contributed by atoms with Crippen LogP contribution >= 0.6 is 0 Å². The lowest BCUT2D eigenvalue weighted by Gasteiger charge is -2.13. The monoisotopic (exact) mass is 422 g/mol. The molecule has 4 rings (SSSR count). The van der Waals surface area contributed by atoms with Crippen LogP contribution in [0.25, 0.3) is 22.4 Å². The predicted molar refractivity (Wildman–Crippen MR) is 121 cm³/mol. The van der Waals surface area contributed by atoms with Crippen molar-refractivity contribution in [1.29, 1.82) is 5.26 Å². The number of aromatic hydroxyl groups is 1. The Morgan fingerprint density at radius 1 is 0.875 bits per heavy atom. The number of aromatic nitrogens is 1. The minimum Gasteiger partial charge on any atom is -0.504 e. The zero-order valence-corrected chi connectivity index (χ0v) is 17.1. The van der Waals surface area contributed by atoms with Gasteiger partial charge >= 0.3 is 0 Å². The van der Waals surface area contributed by atoms with E-state index in [1.54, 1.807) is 24.3 Å². The molecule has 6 nitrogen and oxygen atoms in total. The summed E-state index contributed by atoms with van der Waals surface area (Å²) in [7, 11) is 1.41. The number of rotatable bonds is 5. The van der Waals surface area contributed by atoms with Gasteiger partial charge in [-0.1, -0.05) is 42.5 Å². The fraction of sp³-hybridized carbons (Fsp3) is 0.0385. The van der Waals surface area contributed by atoms with E-state index < -0.39 is 11.2 Å². The molecule has 1 aromatic heterocycles. The van der Waals surface area contributed by atoms with Gasteiger partial charge in [-0.05, 0) is 48.0 Å². The van der Waals surface area contributed by atoms with Crippen LogP contribution in [0.5, 0.6) is 23.1 Å². The van der Waals surface area contributed by atoms with Gasteiger partial charge in [0.05, 0.1) is 12.8 Å². The highest BCUT2D eigenvalue weighted by molar-refractivity contribution is 5.79. The second kappa shape index (κ2) is 9.02. The first-order valence-corrected chi connectivity index (χ1v) is 9.76. The molecule has 0 saturated carbocycles. The third kappa shape index (κ3) is 4.13. The standard InChI is InChI=1S/C26H18N2O4/c1-31-26-22(16-27)21(15-23(28-26)20-12-5-6-13-24(29)25(20)30)17-8-7-11-19(14-17)32-18-9-3-2-4-10-18/h2-15H,1H3,(H,29,30). The molecule has 4 aromatic rings. The van der Waals surface area contributed by atoms with Gasteiger partial charge in [-0.25, -0.2) is 4.98 Å². The van der Waals surface area contributed by atoms with Crippen LogP contribution in [0.1, 0.15) is 5.56 Å². The molecule has 1 heterocycles. The Morgan fingerprint density at radius 2 is 1.59 bits per heavy atom. The summed E-state index contributed by atoms with van der Waals surface area (Å²) in [5.41, 5.74) is 1.47. The fourth-order valence-corrected chi connectivity index (χ4v) is 3.29. The van der Waals surface area contributed by atoms with E-state index in [0.29, 0.717) is 28.3 Å². The Balaban J connectivity index is 1.88. The summed E-state index contributed by atoms with van der Waals surface area (Å²) in [6.45, 7) is 0. The molecule has 0 atom stereocenters.